The second kappa shape index (κ2) is 15.1. The standard InChI is InChI=1S/C26H40N6O6/c1-15(2)11-22(26(37)38)32-25(36)21(12-16-13-29-19-8-4-3-7-17(16)19)31-24(35)20(9-5-6-10-27)30-23(34)18(28)14-33/h3-4,7-8,13,15,18,20-22,29,33H,5-6,9-12,14,27-28H2,1-2H3,(H,30,34)(H,31,35)(H,32,36)(H,37,38). The van der Waals surface area contributed by atoms with Gasteiger partial charge in [0.25, 0.3) is 0 Å². The van der Waals surface area contributed by atoms with Crippen LogP contribution in [0.15, 0.2) is 30.5 Å². The Morgan fingerprint density at radius 3 is 2.21 bits per heavy atom. The molecule has 0 fully saturated rings. The van der Waals surface area contributed by atoms with Gasteiger partial charge >= 0.3 is 5.97 Å². The minimum atomic E-state index is -1.21. The molecule has 1 aromatic carbocycles. The van der Waals surface area contributed by atoms with E-state index in [9.17, 15) is 29.4 Å². The first kappa shape index (κ1) is 30.7. The average Bonchev–Trinajstić information content (AvgIpc) is 3.29. The molecule has 2 rings (SSSR count). The van der Waals surface area contributed by atoms with E-state index < -0.39 is 54.5 Å². The second-order valence-electron chi connectivity index (χ2n) is 9.79. The third-order valence-electron chi connectivity index (χ3n) is 6.17. The lowest BCUT2D eigenvalue weighted by Gasteiger charge is -2.25. The Kier molecular flexibility index (Phi) is 12.2. The molecule has 1 aromatic heterocycles. The summed E-state index contributed by atoms with van der Waals surface area (Å²) in [6.07, 6.45) is 3.40. The first-order valence-corrected chi connectivity index (χ1v) is 12.8. The van der Waals surface area contributed by atoms with Crippen LogP contribution in [0.2, 0.25) is 0 Å². The maximum atomic E-state index is 13.3. The lowest BCUT2D eigenvalue weighted by Crippen LogP contribution is -2.58. The van der Waals surface area contributed by atoms with E-state index in [0.717, 1.165) is 16.5 Å². The highest BCUT2D eigenvalue weighted by Crippen LogP contribution is 2.19. The van der Waals surface area contributed by atoms with Crippen molar-refractivity contribution in [3.63, 3.8) is 0 Å². The predicted molar refractivity (Wildman–Crippen MR) is 143 cm³/mol. The average molecular weight is 533 g/mol. The first-order valence-electron chi connectivity index (χ1n) is 12.8. The fraction of sp³-hybridized carbons (Fsp3) is 0.538. The van der Waals surface area contributed by atoms with Gasteiger partial charge in [-0.2, -0.15) is 0 Å². The summed E-state index contributed by atoms with van der Waals surface area (Å²) in [5, 5.41) is 27.5. The molecular formula is C26H40N6O6. The number of rotatable bonds is 16. The van der Waals surface area contributed by atoms with Crippen molar-refractivity contribution in [2.45, 2.75) is 70.1 Å². The Bertz CT molecular complexity index is 1090. The van der Waals surface area contributed by atoms with Crippen molar-refractivity contribution in [1.29, 1.82) is 0 Å². The van der Waals surface area contributed by atoms with Gasteiger partial charge in [0.1, 0.15) is 24.2 Å². The van der Waals surface area contributed by atoms with E-state index in [0.29, 0.717) is 19.4 Å². The first-order chi connectivity index (χ1) is 18.1. The Hall–Kier alpha value is -3.48. The van der Waals surface area contributed by atoms with Crippen LogP contribution in [0, 0.1) is 5.92 Å². The third kappa shape index (κ3) is 9.12. The summed E-state index contributed by atoms with van der Waals surface area (Å²) in [6, 6.07) is 2.97. The van der Waals surface area contributed by atoms with Crippen LogP contribution in [0.5, 0.6) is 0 Å². The second-order valence-corrected chi connectivity index (χ2v) is 9.79. The zero-order valence-corrected chi connectivity index (χ0v) is 21.9. The molecular weight excluding hydrogens is 492 g/mol. The van der Waals surface area contributed by atoms with E-state index in [1.807, 2.05) is 38.1 Å². The number of unbranched alkanes of at least 4 members (excludes halogenated alkanes) is 1. The van der Waals surface area contributed by atoms with Crippen LogP contribution < -0.4 is 27.4 Å². The molecule has 12 heteroatoms. The van der Waals surface area contributed by atoms with Gasteiger partial charge in [0.2, 0.25) is 17.7 Å². The summed E-state index contributed by atoms with van der Waals surface area (Å²) >= 11 is 0. The number of carboxylic acid groups (broad SMARTS) is 1. The van der Waals surface area contributed by atoms with Gasteiger partial charge in [0, 0.05) is 23.5 Å². The highest BCUT2D eigenvalue weighted by atomic mass is 16.4. The normalized spacial score (nSPS) is 14.5. The van der Waals surface area contributed by atoms with Crippen LogP contribution in [0.1, 0.15) is 45.1 Å². The molecule has 0 spiro atoms. The van der Waals surface area contributed by atoms with Crippen LogP contribution >= 0.6 is 0 Å². The Balaban J connectivity index is 2.31. The van der Waals surface area contributed by atoms with E-state index in [4.69, 9.17) is 11.5 Å². The smallest absolute Gasteiger partial charge is 0.326 e. The minimum absolute atomic E-state index is 0.0101. The van der Waals surface area contributed by atoms with Crippen LogP contribution in [0.3, 0.4) is 0 Å². The number of aromatic amines is 1. The number of benzene rings is 1. The van der Waals surface area contributed by atoms with Crippen molar-refractivity contribution < 1.29 is 29.4 Å². The number of hydrogen-bond donors (Lipinski definition) is 8. The number of hydrogen-bond acceptors (Lipinski definition) is 7. The molecule has 3 amide bonds. The summed E-state index contributed by atoms with van der Waals surface area (Å²) in [4.78, 5) is 53.9. The highest BCUT2D eigenvalue weighted by Gasteiger charge is 2.31. The van der Waals surface area contributed by atoms with Gasteiger partial charge in [0.15, 0.2) is 0 Å². The monoisotopic (exact) mass is 532 g/mol. The molecule has 0 saturated carbocycles. The number of aliphatic hydroxyl groups is 1. The van der Waals surface area contributed by atoms with E-state index in [1.165, 1.54) is 0 Å². The summed E-state index contributed by atoms with van der Waals surface area (Å²) in [5.74, 6) is -3.15. The fourth-order valence-corrected chi connectivity index (χ4v) is 4.09. The van der Waals surface area contributed by atoms with Crippen molar-refractivity contribution >= 4 is 34.6 Å². The van der Waals surface area contributed by atoms with Gasteiger partial charge < -0.3 is 42.6 Å². The highest BCUT2D eigenvalue weighted by molar-refractivity contribution is 5.94. The van der Waals surface area contributed by atoms with E-state index >= 15 is 0 Å². The molecule has 0 aliphatic rings. The zero-order valence-electron chi connectivity index (χ0n) is 21.9. The Morgan fingerprint density at radius 2 is 1.58 bits per heavy atom. The van der Waals surface area contributed by atoms with Crippen molar-refractivity contribution in [2.75, 3.05) is 13.2 Å². The number of para-hydroxylation sites is 1. The number of carbonyl (C=O) groups excluding carboxylic acids is 3. The number of nitrogens with two attached hydrogens (primary N) is 2. The SMILES string of the molecule is CC(C)CC(NC(=O)C(Cc1c[nH]c2ccccc12)NC(=O)C(CCCCN)NC(=O)C(N)CO)C(=O)O. The van der Waals surface area contributed by atoms with E-state index in [2.05, 4.69) is 20.9 Å². The Morgan fingerprint density at radius 1 is 0.947 bits per heavy atom. The number of nitrogens with one attached hydrogen (secondary N) is 4. The van der Waals surface area contributed by atoms with Crippen LogP contribution in [0.25, 0.3) is 10.9 Å². The number of carbonyl (C=O) groups is 4. The van der Waals surface area contributed by atoms with Crippen molar-refractivity contribution in [1.82, 2.24) is 20.9 Å². The van der Waals surface area contributed by atoms with Gasteiger partial charge in [-0.15, -0.1) is 0 Å². The summed E-state index contributed by atoms with van der Waals surface area (Å²) in [5.41, 5.74) is 12.8. The number of aliphatic carboxylic acids is 1. The lowest BCUT2D eigenvalue weighted by atomic mass is 10.0. The maximum absolute atomic E-state index is 13.3. The van der Waals surface area contributed by atoms with Crippen LogP contribution in [0.4, 0.5) is 0 Å². The molecule has 0 bridgehead atoms. The van der Waals surface area contributed by atoms with Crippen molar-refractivity contribution in [3.05, 3.63) is 36.0 Å². The largest absolute Gasteiger partial charge is 0.480 e. The molecule has 0 radical (unpaired) electrons. The molecule has 10 N–H and O–H groups in total. The fourth-order valence-electron chi connectivity index (χ4n) is 4.09. The van der Waals surface area contributed by atoms with Crippen LogP contribution in [-0.4, -0.2) is 76.2 Å². The molecule has 38 heavy (non-hydrogen) atoms. The molecule has 2 aromatic rings. The number of fused-ring (bicyclic) bond motifs is 1. The van der Waals surface area contributed by atoms with Gasteiger partial charge in [-0.3, -0.25) is 14.4 Å². The van der Waals surface area contributed by atoms with Gasteiger partial charge in [0.05, 0.1) is 6.61 Å². The van der Waals surface area contributed by atoms with E-state index in [1.54, 1.807) is 6.20 Å². The Labute approximate surface area is 221 Å². The number of H-pyrrole nitrogens is 1. The summed E-state index contributed by atoms with van der Waals surface area (Å²) in [7, 11) is 0. The molecule has 12 nitrogen and oxygen atoms in total. The van der Waals surface area contributed by atoms with Crippen molar-refractivity contribution in [3.8, 4) is 0 Å². The zero-order chi connectivity index (χ0) is 28.2. The van der Waals surface area contributed by atoms with E-state index in [-0.39, 0.29) is 25.2 Å². The minimum Gasteiger partial charge on any atom is -0.480 e. The molecule has 0 saturated heterocycles. The molecule has 0 aliphatic heterocycles. The molecule has 210 valence electrons. The number of aliphatic hydroxyl groups excluding tert-OH is 1. The lowest BCUT2D eigenvalue weighted by molar-refractivity contribution is -0.142. The number of aromatic nitrogens is 1. The molecule has 1 heterocycles. The summed E-state index contributed by atoms with van der Waals surface area (Å²) < 4.78 is 0. The molecule has 4 atom stereocenters. The van der Waals surface area contributed by atoms with Crippen LogP contribution in [-0.2, 0) is 25.6 Å². The van der Waals surface area contributed by atoms with Gasteiger partial charge in [-0.05, 0) is 49.8 Å². The molecule has 4 unspecified atom stereocenters. The molecule has 0 aliphatic carbocycles. The third-order valence-corrected chi connectivity index (χ3v) is 6.17. The van der Waals surface area contributed by atoms with Gasteiger partial charge in [-0.1, -0.05) is 32.0 Å². The van der Waals surface area contributed by atoms with Gasteiger partial charge in [-0.25, -0.2) is 4.79 Å². The predicted octanol–water partition coefficient (Wildman–Crippen LogP) is -0.256. The van der Waals surface area contributed by atoms with Crippen molar-refractivity contribution in [2.24, 2.45) is 17.4 Å². The topological polar surface area (TPSA) is 213 Å². The quantitative estimate of drug-likeness (QED) is 0.135. The maximum Gasteiger partial charge on any atom is 0.326 e. The summed E-state index contributed by atoms with van der Waals surface area (Å²) in [6.45, 7) is 3.50. The number of carboxylic acids is 1. The number of amides is 3.